The largest absolute Gasteiger partial charge is 0.481 e. The van der Waals surface area contributed by atoms with E-state index in [9.17, 15) is 9.59 Å². The lowest BCUT2D eigenvalue weighted by Gasteiger charge is -2.40. The molecule has 4 aliphatic carbocycles. The van der Waals surface area contributed by atoms with E-state index < -0.39 is 5.97 Å². The number of carbonyl (C=O) groups excluding carboxylic acids is 1. The second-order valence-corrected chi connectivity index (χ2v) is 7.86. The quantitative estimate of drug-likeness (QED) is 0.769. The number of allylic oxidation sites excluding steroid dienone is 2. The van der Waals surface area contributed by atoms with Crippen LogP contribution in [0.25, 0.3) is 0 Å². The van der Waals surface area contributed by atoms with Crippen LogP contribution in [0.3, 0.4) is 0 Å². The maximum Gasteiger partial charge on any atom is 0.317 e. The maximum atomic E-state index is 12.6. The highest BCUT2D eigenvalue weighted by Gasteiger charge is 2.47. The van der Waals surface area contributed by atoms with Crippen molar-refractivity contribution in [1.82, 2.24) is 10.2 Å². The van der Waals surface area contributed by atoms with Crippen LogP contribution in [0.1, 0.15) is 38.5 Å². The smallest absolute Gasteiger partial charge is 0.317 e. The summed E-state index contributed by atoms with van der Waals surface area (Å²) in [5.74, 6) is 1.75. The molecule has 5 heteroatoms. The van der Waals surface area contributed by atoms with Crippen molar-refractivity contribution in [3.8, 4) is 0 Å². The second kappa shape index (κ2) is 5.84. The van der Waals surface area contributed by atoms with E-state index in [1.807, 2.05) is 4.90 Å². The van der Waals surface area contributed by atoms with Crippen molar-refractivity contribution in [2.75, 3.05) is 13.1 Å². The predicted octanol–water partition coefficient (Wildman–Crippen LogP) is 2.48. The minimum Gasteiger partial charge on any atom is -0.481 e. The monoisotopic (exact) mass is 318 g/mol. The Morgan fingerprint density at radius 3 is 1.96 bits per heavy atom. The number of nitrogens with zero attached hydrogens (tertiary/aromatic N) is 1. The molecular weight excluding hydrogens is 292 g/mol. The normalized spacial score (nSPS) is 41.7. The zero-order valence-electron chi connectivity index (χ0n) is 13.5. The fourth-order valence-corrected chi connectivity index (χ4v) is 5.25. The molecule has 23 heavy (non-hydrogen) atoms. The van der Waals surface area contributed by atoms with Gasteiger partial charge in [-0.15, -0.1) is 0 Å². The number of urea groups is 1. The van der Waals surface area contributed by atoms with Gasteiger partial charge >= 0.3 is 12.0 Å². The summed E-state index contributed by atoms with van der Waals surface area (Å²) in [5, 5.41) is 12.2. The second-order valence-electron chi connectivity index (χ2n) is 7.86. The van der Waals surface area contributed by atoms with Crippen molar-refractivity contribution >= 4 is 12.0 Å². The Balaban J connectivity index is 1.30. The number of carboxylic acids is 1. The fourth-order valence-electron chi connectivity index (χ4n) is 5.25. The number of rotatable bonds is 2. The Bertz CT molecular complexity index is 502. The molecule has 1 heterocycles. The van der Waals surface area contributed by atoms with E-state index in [4.69, 9.17) is 5.11 Å². The number of hydrogen-bond acceptors (Lipinski definition) is 2. The van der Waals surface area contributed by atoms with Gasteiger partial charge in [0, 0.05) is 19.1 Å². The number of fused-ring (bicyclic) bond motifs is 1. The standard InChI is InChI=1S/C18H26N2O3/c21-17(22)13-5-7-14(8-6-13)19-18(23)20-9-15-11-1-2-12(4-3-11)16(15)10-20/h1-2,11-16H,3-10H2,(H,19,23)(H,21,22). The van der Waals surface area contributed by atoms with Crippen LogP contribution in [-0.2, 0) is 4.79 Å². The van der Waals surface area contributed by atoms with E-state index in [0.29, 0.717) is 36.5 Å². The van der Waals surface area contributed by atoms with Crippen LogP contribution in [0.2, 0.25) is 0 Å². The SMILES string of the molecule is O=C(O)C1CCC(NC(=O)N2CC3C4C=CC(CC4)C3C2)CC1. The van der Waals surface area contributed by atoms with Gasteiger partial charge in [0.15, 0.2) is 0 Å². The Hall–Kier alpha value is -1.52. The highest BCUT2D eigenvalue weighted by Crippen LogP contribution is 2.48. The highest BCUT2D eigenvalue weighted by molar-refractivity contribution is 5.75. The van der Waals surface area contributed by atoms with Crippen molar-refractivity contribution < 1.29 is 14.7 Å². The summed E-state index contributed by atoms with van der Waals surface area (Å²) in [6.07, 6.45) is 10.3. The Labute approximate surface area is 137 Å². The van der Waals surface area contributed by atoms with Gasteiger partial charge in [-0.25, -0.2) is 4.79 Å². The topological polar surface area (TPSA) is 69.6 Å². The summed E-state index contributed by atoms with van der Waals surface area (Å²) < 4.78 is 0. The number of carbonyl (C=O) groups is 2. The van der Waals surface area contributed by atoms with Gasteiger partial charge in [-0.1, -0.05) is 12.2 Å². The average Bonchev–Trinajstić information content (AvgIpc) is 3.04. The minimum absolute atomic E-state index is 0.0672. The van der Waals surface area contributed by atoms with E-state index in [1.54, 1.807) is 0 Å². The third-order valence-corrected chi connectivity index (χ3v) is 6.64. The third kappa shape index (κ3) is 2.74. The van der Waals surface area contributed by atoms with E-state index in [0.717, 1.165) is 25.9 Å². The number of aliphatic carboxylic acids is 1. The fraction of sp³-hybridized carbons (Fsp3) is 0.778. The van der Waals surface area contributed by atoms with Gasteiger partial charge in [0.1, 0.15) is 0 Å². The summed E-state index contributed by atoms with van der Waals surface area (Å²) in [7, 11) is 0. The zero-order chi connectivity index (χ0) is 16.0. The molecule has 2 amide bonds. The first-order chi connectivity index (χ1) is 11.1. The molecule has 3 fully saturated rings. The molecule has 0 spiro atoms. The molecule has 0 aromatic carbocycles. The molecule has 4 atom stereocenters. The lowest BCUT2D eigenvalue weighted by molar-refractivity contribution is -0.142. The first-order valence-electron chi connectivity index (χ1n) is 9.08. The van der Waals surface area contributed by atoms with Gasteiger partial charge in [0.25, 0.3) is 0 Å². The Morgan fingerprint density at radius 2 is 1.48 bits per heavy atom. The number of carboxylic acid groups (broad SMARTS) is 1. The zero-order valence-corrected chi connectivity index (χ0v) is 13.5. The minimum atomic E-state index is -0.693. The van der Waals surface area contributed by atoms with Crippen LogP contribution >= 0.6 is 0 Å². The Morgan fingerprint density at radius 1 is 0.913 bits per heavy atom. The molecule has 5 nitrogen and oxygen atoms in total. The molecule has 1 saturated heterocycles. The van der Waals surface area contributed by atoms with Crippen LogP contribution in [0.5, 0.6) is 0 Å². The summed E-state index contributed by atoms with van der Waals surface area (Å²) in [6, 6.07) is 0.216. The van der Waals surface area contributed by atoms with E-state index >= 15 is 0 Å². The summed E-state index contributed by atoms with van der Waals surface area (Å²) in [5.41, 5.74) is 0. The average molecular weight is 318 g/mol. The van der Waals surface area contributed by atoms with Gasteiger partial charge in [-0.05, 0) is 62.2 Å². The molecular formula is C18H26N2O3. The van der Waals surface area contributed by atoms with Gasteiger partial charge in [-0.3, -0.25) is 4.79 Å². The van der Waals surface area contributed by atoms with E-state index in [1.165, 1.54) is 12.8 Å². The molecule has 0 aromatic heterocycles. The molecule has 2 saturated carbocycles. The van der Waals surface area contributed by atoms with Crippen LogP contribution in [-0.4, -0.2) is 41.1 Å². The first kappa shape index (κ1) is 15.0. The van der Waals surface area contributed by atoms with Crippen LogP contribution in [0.4, 0.5) is 4.79 Å². The summed E-state index contributed by atoms with van der Waals surface area (Å²) >= 11 is 0. The van der Waals surface area contributed by atoms with Crippen molar-refractivity contribution in [3.05, 3.63) is 12.2 Å². The molecule has 5 rings (SSSR count). The van der Waals surface area contributed by atoms with Crippen LogP contribution in [0, 0.1) is 29.6 Å². The lowest BCUT2D eigenvalue weighted by Crippen LogP contribution is -2.45. The lowest BCUT2D eigenvalue weighted by atomic mass is 9.64. The number of hydrogen-bond donors (Lipinski definition) is 2. The van der Waals surface area contributed by atoms with E-state index in [2.05, 4.69) is 17.5 Å². The van der Waals surface area contributed by atoms with Crippen molar-refractivity contribution in [3.63, 3.8) is 0 Å². The Kier molecular flexibility index (Phi) is 3.82. The molecule has 5 aliphatic rings. The van der Waals surface area contributed by atoms with Gasteiger partial charge in [0.2, 0.25) is 0 Å². The third-order valence-electron chi connectivity index (χ3n) is 6.64. The van der Waals surface area contributed by atoms with Crippen LogP contribution < -0.4 is 5.32 Å². The van der Waals surface area contributed by atoms with Gasteiger partial charge < -0.3 is 15.3 Å². The molecule has 0 radical (unpaired) electrons. The molecule has 4 unspecified atom stereocenters. The molecule has 0 aromatic rings. The number of likely N-dealkylation sites (tertiary alicyclic amines) is 1. The van der Waals surface area contributed by atoms with Crippen LogP contribution in [0.15, 0.2) is 12.2 Å². The molecule has 126 valence electrons. The van der Waals surface area contributed by atoms with Crippen molar-refractivity contribution in [2.45, 2.75) is 44.6 Å². The number of nitrogens with one attached hydrogen (secondary N) is 1. The number of amides is 2. The van der Waals surface area contributed by atoms with Crippen molar-refractivity contribution in [1.29, 1.82) is 0 Å². The highest BCUT2D eigenvalue weighted by atomic mass is 16.4. The van der Waals surface area contributed by atoms with Gasteiger partial charge in [0.05, 0.1) is 5.92 Å². The summed E-state index contributed by atoms with van der Waals surface area (Å²) in [6.45, 7) is 1.79. The molecule has 2 bridgehead atoms. The maximum absolute atomic E-state index is 12.6. The van der Waals surface area contributed by atoms with E-state index in [-0.39, 0.29) is 18.0 Å². The first-order valence-corrected chi connectivity index (χ1v) is 9.08. The summed E-state index contributed by atoms with van der Waals surface area (Å²) in [4.78, 5) is 25.6. The van der Waals surface area contributed by atoms with Crippen molar-refractivity contribution in [2.24, 2.45) is 29.6 Å². The molecule has 1 aliphatic heterocycles. The molecule has 2 N–H and O–H groups in total. The van der Waals surface area contributed by atoms with Gasteiger partial charge in [-0.2, -0.15) is 0 Å². The predicted molar refractivity (Wildman–Crippen MR) is 85.8 cm³/mol.